The number of pyridine rings is 1. The second kappa shape index (κ2) is 22.0. The Morgan fingerprint density at radius 2 is 1.85 bits per heavy atom. The van der Waals surface area contributed by atoms with Crippen molar-refractivity contribution < 1.29 is 28.5 Å². The summed E-state index contributed by atoms with van der Waals surface area (Å²) in [7, 11) is 3.88. The first-order valence-corrected chi connectivity index (χ1v) is 20.5. The molecule has 0 saturated carbocycles. The van der Waals surface area contributed by atoms with Crippen LogP contribution in [0.2, 0.25) is 0 Å². The number of thiazole rings is 1. The Morgan fingerprint density at radius 3 is 2.52 bits per heavy atom. The van der Waals surface area contributed by atoms with Crippen molar-refractivity contribution in [3.8, 4) is 22.5 Å². The first-order chi connectivity index (χ1) is 27.3. The molecule has 2 fully saturated rings. The van der Waals surface area contributed by atoms with Crippen LogP contribution >= 0.6 is 51.8 Å². The number of aryl methyl sites for hydroxylation is 1. The molecule has 3 aliphatic heterocycles. The number of hydrogen-bond donors (Lipinski definition) is 2. The summed E-state index contributed by atoms with van der Waals surface area (Å²) < 4.78 is 21.9. The number of esters is 1. The Kier molecular flexibility index (Phi) is 18.6. The fourth-order valence-electron chi connectivity index (χ4n) is 8.08. The topological polar surface area (TPSA) is 154 Å². The summed E-state index contributed by atoms with van der Waals surface area (Å²) in [5, 5.41) is 8.14. The maximum absolute atomic E-state index is 13.8. The maximum atomic E-state index is 13.8. The molecule has 1 aromatic carbocycles. The Bertz CT molecular complexity index is 2130. The number of piperazine rings is 1. The van der Waals surface area contributed by atoms with E-state index in [0.29, 0.717) is 25.8 Å². The van der Waals surface area contributed by atoms with Gasteiger partial charge in [0, 0.05) is 92.5 Å². The van der Waals surface area contributed by atoms with Crippen molar-refractivity contribution in [1.82, 2.24) is 35.2 Å². The molecule has 7 rings (SSSR count). The number of rotatable bonds is 6. The molecule has 3 aromatic heterocycles. The molecule has 6 heterocycles. The summed E-state index contributed by atoms with van der Waals surface area (Å²) in [4.78, 5) is 54.6. The van der Waals surface area contributed by atoms with Gasteiger partial charge in [-0.1, -0.05) is 19.9 Å². The number of nitrogens with one attached hydrogen (secondary N) is 2. The van der Waals surface area contributed by atoms with Crippen LogP contribution in [0.3, 0.4) is 0 Å². The van der Waals surface area contributed by atoms with Crippen LogP contribution in [0.4, 0.5) is 5.69 Å². The SMILES string of the molecule is CCn1c(-c2cc(N3CCN(C)CC3)cnc2[C@H](C)OC)c2c3cc(ccc31)-c1csc(n1)C[C@H](NC(C)=O)C(=O)N1CCC[C@H](N1)C(=O)OCC(C)(C)C2.S.S.S.[C-]#[O+]. The van der Waals surface area contributed by atoms with E-state index in [1.807, 2.05) is 18.5 Å². The molecule has 4 aromatic rings. The molecule has 3 aliphatic rings. The van der Waals surface area contributed by atoms with E-state index in [4.69, 9.17) is 24.1 Å². The average molecular weight is 901 g/mol. The molecule has 2 N–H and O–H groups in total. The van der Waals surface area contributed by atoms with Gasteiger partial charge in [-0.15, -0.1) is 11.3 Å². The predicted molar refractivity (Wildman–Crippen MR) is 250 cm³/mol. The normalized spacial score (nSPS) is 19.9. The molecule has 328 valence electrons. The van der Waals surface area contributed by atoms with Crippen molar-refractivity contribution in [2.45, 2.75) is 85.0 Å². The van der Waals surface area contributed by atoms with Gasteiger partial charge in [0.2, 0.25) is 5.91 Å². The van der Waals surface area contributed by atoms with E-state index in [1.54, 1.807) is 7.11 Å². The van der Waals surface area contributed by atoms with E-state index in [9.17, 15) is 14.4 Å². The summed E-state index contributed by atoms with van der Waals surface area (Å²) in [5.74, 6) is -1.01. The Balaban J connectivity index is 0.00000189. The molecular formula is C42H60N8O6S4. The Morgan fingerprint density at radius 1 is 1.13 bits per heavy atom. The number of ether oxygens (including phenoxy) is 2. The number of amides is 2. The van der Waals surface area contributed by atoms with Crippen molar-refractivity contribution in [1.29, 1.82) is 0 Å². The summed E-state index contributed by atoms with van der Waals surface area (Å²) >= 11 is 1.47. The van der Waals surface area contributed by atoms with Gasteiger partial charge in [0.15, 0.2) is 0 Å². The number of cyclic esters (lactones) is 1. The first kappa shape index (κ1) is 50.8. The van der Waals surface area contributed by atoms with Crippen LogP contribution in [0, 0.1) is 12.1 Å². The van der Waals surface area contributed by atoms with Crippen molar-refractivity contribution in [3.05, 3.63) is 58.8 Å². The number of methoxy groups -OCH3 is 1. The molecule has 0 radical (unpaired) electrons. The molecule has 0 aliphatic carbocycles. The zero-order valence-electron chi connectivity index (χ0n) is 35.5. The number of benzene rings is 1. The van der Waals surface area contributed by atoms with Gasteiger partial charge in [-0.3, -0.25) is 24.4 Å². The number of anilines is 1. The fourth-order valence-corrected chi connectivity index (χ4v) is 8.93. The third-order valence-corrected chi connectivity index (χ3v) is 12.0. The van der Waals surface area contributed by atoms with Crippen LogP contribution in [-0.4, -0.2) is 108 Å². The van der Waals surface area contributed by atoms with Gasteiger partial charge >= 0.3 is 17.3 Å². The van der Waals surface area contributed by atoms with Crippen LogP contribution in [0.25, 0.3) is 33.4 Å². The molecule has 2 saturated heterocycles. The van der Waals surface area contributed by atoms with Crippen molar-refractivity contribution in [2.24, 2.45) is 5.41 Å². The number of carbonyl (C=O) groups is 3. The molecule has 18 heteroatoms. The summed E-state index contributed by atoms with van der Waals surface area (Å²) in [5.41, 5.74) is 10.7. The minimum atomic E-state index is -0.842. The third kappa shape index (κ3) is 11.1. The first-order valence-electron chi connectivity index (χ1n) is 19.6. The molecule has 0 unspecified atom stereocenters. The molecular weight excluding hydrogens is 841 g/mol. The number of aromatic nitrogens is 3. The van der Waals surface area contributed by atoms with Crippen molar-refractivity contribution >= 4 is 86.2 Å². The van der Waals surface area contributed by atoms with Gasteiger partial charge in [0.1, 0.15) is 12.1 Å². The molecule has 0 spiro atoms. The fraction of sp³-hybridized carbons (Fsp3) is 0.524. The van der Waals surface area contributed by atoms with Gasteiger partial charge in [0.05, 0.1) is 46.7 Å². The van der Waals surface area contributed by atoms with Crippen LogP contribution in [0.15, 0.2) is 35.8 Å². The van der Waals surface area contributed by atoms with Crippen LogP contribution < -0.4 is 15.6 Å². The molecule has 14 nitrogen and oxygen atoms in total. The van der Waals surface area contributed by atoms with Crippen LogP contribution in [-0.2, 0) is 47.9 Å². The minimum absolute atomic E-state index is 0. The van der Waals surface area contributed by atoms with E-state index in [2.05, 4.69) is 83.8 Å². The van der Waals surface area contributed by atoms with E-state index in [1.165, 1.54) is 23.3 Å². The van der Waals surface area contributed by atoms with Gasteiger partial charge in [0.25, 0.3) is 5.91 Å². The average Bonchev–Trinajstić information content (AvgIpc) is 3.81. The van der Waals surface area contributed by atoms with Gasteiger partial charge < -0.3 is 29.2 Å². The summed E-state index contributed by atoms with van der Waals surface area (Å²) in [6, 6.07) is 7.27. The Labute approximate surface area is 378 Å². The predicted octanol–water partition coefficient (Wildman–Crippen LogP) is 5.28. The molecule has 6 bridgehead atoms. The number of carbonyl (C=O) groups excluding carboxylic acids is 3. The summed E-state index contributed by atoms with van der Waals surface area (Å²) in [6.45, 7) is 19.5. The van der Waals surface area contributed by atoms with E-state index < -0.39 is 23.5 Å². The monoisotopic (exact) mass is 900 g/mol. The standard InChI is InChI=1S/C41H54N8O5S.CO.3H2S/c1-8-48-35-12-11-27-18-29(35)31(38(48)30-19-28(22-42-37(30)25(2)53-7)47-16-14-46(6)15-17-47)21-41(4,5)24-54-40(52)32-10-9-13-49(45-32)39(51)33(43-26(3)50)20-36-44-34(27)23-55-36;1-2;;;/h11-12,18-19,22-23,25,32-33,45H,8-10,13-17,20-21,24H2,1-7H3,(H,43,50);;3*1H2/t25-,32-,33-;;;;/m0..../s1. The molecule has 2 amide bonds. The second-order valence-corrected chi connectivity index (χ2v) is 16.9. The number of likely N-dealkylation sites (N-methyl/N-ethyl adjacent to an activating group) is 1. The number of hydrazine groups is 1. The van der Waals surface area contributed by atoms with E-state index >= 15 is 0 Å². The van der Waals surface area contributed by atoms with Crippen LogP contribution in [0.1, 0.15) is 69.8 Å². The zero-order chi connectivity index (χ0) is 41.0. The van der Waals surface area contributed by atoms with Crippen LogP contribution in [0.5, 0.6) is 0 Å². The van der Waals surface area contributed by atoms with E-state index in [-0.39, 0.29) is 71.4 Å². The zero-order valence-corrected chi connectivity index (χ0v) is 39.3. The number of hydrogen-bond acceptors (Lipinski definition) is 11. The molecule has 3 atom stereocenters. The van der Waals surface area contributed by atoms with E-state index in [0.717, 1.165) is 88.1 Å². The molecule has 60 heavy (non-hydrogen) atoms. The van der Waals surface area contributed by atoms with Crippen molar-refractivity contribution in [2.75, 3.05) is 58.4 Å². The second-order valence-electron chi connectivity index (χ2n) is 15.9. The van der Waals surface area contributed by atoms with Gasteiger partial charge in [-0.05, 0) is 63.9 Å². The quantitative estimate of drug-likeness (QED) is 0.149. The van der Waals surface area contributed by atoms with Gasteiger partial charge in [-0.25, -0.2) is 10.4 Å². The van der Waals surface area contributed by atoms with Crippen molar-refractivity contribution in [3.63, 3.8) is 0 Å². The number of nitrogens with zero attached hydrogens (tertiary/aromatic N) is 6. The summed E-state index contributed by atoms with van der Waals surface area (Å²) in [6.07, 6.45) is 3.74. The van der Waals surface area contributed by atoms with Gasteiger partial charge in [-0.2, -0.15) is 40.5 Å². The third-order valence-electron chi connectivity index (χ3n) is 11.1. The Hall–Kier alpha value is -3.58. The number of fused-ring (bicyclic) bond motifs is 6.